The molecule has 0 aromatic heterocycles. The average molecular weight is 226 g/mol. The molecule has 1 aliphatic heterocycles. The Morgan fingerprint density at radius 2 is 1.81 bits per heavy atom. The third kappa shape index (κ3) is 3.82. The van der Waals surface area contributed by atoms with Crippen molar-refractivity contribution in [3.05, 3.63) is 11.8 Å². The topological polar surface area (TPSA) is 29.5 Å². The second kappa shape index (κ2) is 5.72. The lowest BCUT2D eigenvalue weighted by Gasteiger charge is -2.35. The molecular formula is C14H26O2. The molecule has 0 amide bonds. The zero-order valence-corrected chi connectivity index (χ0v) is 11.1. The van der Waals surface area contributed by atoms with E-state index in [0.717, 1.165) is 38.0 Å². The fourth-order valence-electron chi connectivity index (χ4n) is 2.52. The minimum Gasteiger partial charge on any atom is -0.495 e. The van der Waals surface area contributed by atoms with Gasteiger partial charge in [0.1, 0.15) is 11.4 Å². The highest BCUT2D eigenvalue weighted by atomic mass is 16.5. The SMILES string of the molecule is CC(C)CC(O)(CC(C)C)C1=CCCCO1. The summed E-state index contributed by atoms with van der Waals surface area (Å²) >= 11 is 0. The van der Waals surface area contributed by atoms with Crippen molar-refractivity contribution in [1.82, 2.24) is 0 Å². The van der Waals surface area contributed by atoms with Gasteiger partial charge in [-0.15, -0.1) is 0 Å². The van der Waals surface area contributed by atoms with Crippen molar-refractivity contribution in [3.8, 4) is 0 Å². The second-order valence-electron chi connectivity index (χ2n) is 5.79. The molecular weight excluding hydrogens is 200 g/mol. The molecule has 0 aromatic carbocycles. The molecule has 0 aromatic rings. The molecule has 1 N–H and O–H groups in total. The highest BCUT2D eigenvalue weighted by Gasteiger charge is 2.35. The fourth-order valence-corrected chi connectivity index (χ4v) is 2.52. The third-order valence-electron chi connectivity index (χ3n) is 2.89. The van der Waals surface area contributed by atoms with Crippen LogP contribution in [0.5, 0.6) is 0 Å². The summed E-state index contributed by atoms with van der Waals surface area (Å²) in [6.45, 7) is 9.34. The molecule has 1 rings (SSSR count). The minimum atomic E-state index is -0.747. The summed E-state index contributed by atoms with van der Waals surface area (Å²) in [7, 11) is 0. The average Bonchev–Trinajstić information content (AvgIpc) is 2.16. The van der Waals surface area contributed by atoms with Crippen molar-refractivity contribution in [3.63, 3.8) is 0 Å². The van der Waals surface area contributed by atoms with Gasteiger partial charge in [-0.05, 0) is 43.6 Å². The Morgan fingerprint density at radius 1 is 1.25 bits per heavy atom. The lowest BCUT2D eigenvalue weighted by Crippen LogP contribution is -2.36. The van der Waals surface area contributed by atoms with Crippen molar-refractivity contribution in [1.29, 1.82) is 0 Å². The van der Waals surface area contributed by atoms with Gasteiger partial charge in [-0.3, -0.25) is 0 Å². The molecule has 2 heteroatoms. The van der Waals surface area contributed by atoms with Crippen LogP contribution in [0.1, 0.15) is 53.4 Å². The van der Waals surface area contributed by atoms with E-state index >= 15 is 0 Å². The first kappa shape index (κ1) is 13.6. The normalized spacial score (nSPS) is 17.6. The molecule has 0 spiro atoms. The molecule has 16 heavy (non-hydrogen) atoms. The predicted octanol–water partition coefficient (Wildman–Crippen LogP) is 3.50. The fraction of sp³-hybridized carbons (Fsp3) is 0.857. The molecule has 1 aliphatic rings. The Bertz CT molecular complexity index is 231. The van der Waals surface area contributed by atoms with Crippen molar-refractivity contribution in [2.45, 2.75) is 59.0 Å². The molecule has 0 bridgehead atoms. The van der Waals surface area contributed by atoms with Crippen LogP contribution in [0.25, 0.3) is 0 Å². The molecule has 94 valence electrons. The molecule has 1 heterocycles. The highest BCUT2D eigenvalue weighted by Crippen LogP contribution is 2.34. The Morgan fingerprint density at radius 3 is 2.19 bits per heavy atom. The number of rotatable bonds is 5. The van der Waals surface area contributed by atoms with Gasteiger partial charge in [0.15, 0.2) is 0 Å². The number of hydrogen-bond donors (Lipinski definition) is 1. The van der Waals surface area contributed by atoms with Crippen molar-refractivity contribution in [2.24, 2.45) is 11.8 Å². The summed E-state index contributed by atoms with van der Waals surface area (Å²) in [5.74, 6) is 1.78. The van der Waals surface area contributed by atoms with Crippen LogP contribution in [0.15, 0.2) is 11.8 Å². The Kier molecular flexibility index (Phi) is 4.85. The van der Waals surface area contributed by atoms with Crippen LogP contribution < -0.4 is 0 Å². The smallest absolute Gasteiger partial charge is 0.124 e. The molecule has 0 saturated heterocycles. The number of ether oxygens (including phenoxy) is 1. The number of aliphatic hydroxyl groups is 1. The summed E-state index contributed by atoms with van der Waals surface area (Å²) in [6.07, 6.45) is 5.76. The minimum absolute atomic E-state index is 0.482. The molecule has 0 saturated carbocycles. The lowest BCUT2D eigenvalue weighted by molar-refractivity contribution is -0.0248. The molecule has 0 fully saturated rings. The van der Waals surface area contributed by atoms with Gasteiger partial charge >= 0.3 is 0 Å². The van der Waals surface area contributed by atoms with E-state index in [-0.39, 0.29) is 0 Å². The number of allylic oxidation sites excluding steroid dienone is 1. The van der Waals surface area contributed by atoms with E-state index in [0.29, 0.717) is 11.8 Å². The highest BCUT2D eigenvalue weighted by molar-refractivity contribution is 5.12. The van der Waals surface area contributed by atoms with Gasteiger partial charge in [0.2, 0.25) is 0 Å². The van der Waals surface area contributed by atoms with Gasteiger partial charge < -0.3 is 9.84 Å². The van der Waals surface area contributed by atoms with E-state index in [9.17, 15) is 5.11 Å². The summed E-state index contributed by atoms with van der Waals surface area (Å²) in [6, 6.07) is 0. The van der Waals surface area contributed by atoms with E-state index in [4.69, 9.17) is 4.74 Å². The van der Waals surface area contributed by atoms with Crippen molar-refractivity contribution in [2.75, 3.05) is 6.61 Å². The van der Waals surface area contributed by atoms with E-state index < -0.39 is 5.60 Å². The molecule has 2 nitrogen and oxygen atoms in total. The van der Waals surface area contributed by atoms with Crippen LogP contribution in [-0.2, 0) is 4.74 Å². The maximum absolute atomic E-state index is 10.8. The van der Waals surface area contributed by atoms with Gasteiger partial charge in [0, 0.05) is 0 Å². The van der Waals surface area contributed by atoms with Gasteiger partial charge in [-0.25, -0.2) is 0 Å². The van der Waals surface area contributed by atoms with Crippen LogP contribution in [0.4, 0.5) is 0 Å². The molecule has 0 unspecified atom stereocenters. The monoisotopic (exact) mass is 226 g/mol. The Hall–Kier alpha value is -0.500. The first-order valence-corrected chi connectivity index (χ1v) is 6.50. The zero-order valence-electron chi connectivity index (χ0n) is 11.1. The lowest BCUT2D eigenvalue weighted by atomic mass is 9.82. The van der Waals surface area contributed by atoms with Crippen LogP contribution in [-0.4, -0.2) is 17.3 Å². The van der Waals surface area contributed by atoms with Crippen molar-refractivity contribution < 1.29 is 9.84 Å². The largest absolute Gasteiger partial charge is 0.495 e. The first-order valence-electron chi connectivity index (χ1n) is 6.50. The van der Waals surface area contributed by atoms with Crippen LogP contribution in [0.2, 0.25) is 0 Å². The van der Waals surface area contributed by atoms with Crippen LogP contribution in [0, 0.1) is 11.8 Å². The molecule has 0 atom stereocenters. The maximum Gasteiger partial charge on any atom is 0.124 e. The first-order chi connectivity index (χ1) is 7.44. The Balaban J connectivity index is 2.79. The maximum atomic E-state index is 10.8. The van der Waals surface area contributed by atoms with Gasteiger partial charge in [-0.1, -0.05) is 27.7 Å². The van der Waals surface area contributed by atoms with Gasteiger partial charge in [-0.2, -0.15) is 0 Å². The quantitative estimate of drug-likeness (QED) is 0.777. The second-order valence-corrected chi connectivity index (χ2v) is 5.79. The van der Waals surface area contributed by atoms with Crippen LogP contribution in [0.3, 0.4) is 0 Å². The summed E-state index contributed by atoms with van der Waals surface area (Å²) in [5.41, 5.74) is -0.747. The van der Waals surface area contributed by atoms with Crippen LogP contribution >= 0.6 is 0 Å². The molecule has 0 aliphatic carbocycles. The third-order valence-corrected chi connectivity index (χ3v) is 2.89. The van der Waals surface area contributed by atoms with Crippen molar-refractivity contribution >= 4 is 0 Å². The van der Waals surface area contributed by atoms with E-state index in [1.54, 1.807) is 0 Å². The summed E-state index contributed by atoms with van der Waals surface area (Å²) in [4.78, 5) is 0. The Labute approximate surface area is 99.7 Å². The van der Waals surface area contributed by atoms with E-state index in [1.165, 1.54) is 0 Å². The summed E-state index contributed by atoms with van der Waals surface area (Å²) < 4.78 is 5.66. The predicted molar refractivity (Wildman–Crippen MR) is 67.1 cm³/mol. The number of hydrogen-bond acceptors (Lipinski definition) is 2. The standard InChI is InChI=1S/C14H26O2/c1-11(2)9-14(15,10-12(3)4)13-7-5-6-8-16-13/h7,11-12,15H,5-6,8-10H2,1-4H3. The van der Waals surface area contributed by atoms with E-state index in [2.05, 4.69) is 33.8 Å². The summed E-state index contributed by atoms with van der Waals surface area (Å²) in [5, 5.41) is 10.8. The zero-order chi connectivity index (χ0) is 12.2. The van der Waals surface area contributed by atoms with Gasteiger partial charge in [0.05, 0.1) is 6.61 Å². The van der Waals surface area contributed by atoms with E-state index in [1.807, 2.05) is 0 Å². The van der Waals surface area contributed by atoms with Gasteiger partial charge in [0.25, 0.3) is 0 Å². The molecule has 0 radical (unpaired) electrons.